The summed E-state index contributed by atoms with van der Waals surface area (Å²) in [5.41, 5.74) is 1.25. The first kappa shape index (κ1) is 17.4. The zero-order valence-electron chi connectivity index (χ0n) is 15.2. The van der Waals surface area contributed by atoms with E-state index in [0.29, 0.717) is 16.4 Å². The predicted octanol–water partition coefficient (Wildman–Crippen LogP) is 5.24. The first-order chi connectivity index (χ1) is 13.6. The summed E-state index contributed by atoms with van der Waals surface area (Å²) >= 11 is 7.33. The Balaban J connectivity index is 1.69. The van der Waals surface area contributed by atoms with E-state index in [4.69, 9.17) is 17.0 Å². The largest absolute Gasteiger partial charge is 0.467 e. The zero-order chi connectivity index (χ0) is 19.3. The Labute approximate surface area is 173 Å². The topological polar surface area (TPSA) is 32.8 Å². The molecule has 140 valence electrons. The Morgan fingerprint density at radius 1 is 1.11 bits per heavy atom. The van der Waals surface area contributed by atoms with E-state index in [1.54, 1.807) is 4.90 Å². The summed E-state index contributed by atoms with van der Waals surface area (Å²) in [6.45, 7) is 2.04. The Morgan fingerprint density at radius 3 is 2.61 bits per heavy atom. The van der Waals surface area contributed by atoms with Gasteiger partial charge in [0.2, 0.25) is 0 Å². The SMILES string of the molecule is C[C@@]12C[C@H](c3ccccc3O1)N(C(=O)c1cccs1)C(=S)N2c1ccccc1. The molecule has 0 spiro atoms. The molecule has 1 saturated heterocycles. The highest BCUT2D eigenvalue weighted by molar-refractivity contribution is 7.80. The van der Waals surface area contributed by atoms with Crippen LogP contribution in [-0.2, 0) is 0 Å². The molecule has 2 aromatic carbocycles. The van der Waals surface area contributed by atoms with Crippen molar-refractivity contribution < 1.29 is 9.53 Å². The average Bonchev–Trinajstić information content (AvgIpc) is 3.23. The molecule has 1 aromatic heterocycles. The molecule has 28 heavy (non-hydrogen) atoms. The van der Waals surface area contributed by atoms with Crippen LogP contribution in [0.4, 0.5) is 5.69 Å². The minimum atomic E-state index is -0.663. The molecule has 1 fully saturated rings. The summed E-state index contributed by atoms with van der Waals surface area (Å²) in [7, 11) is 0. The molecule has 3 heterocycles. The fraction of sp³-hybridized carbons (Fsp3) is 0.182. The number of amides is 1. The normalized spacial score (nSPS) is 23.2. The molecule has 6 heteroatoms. The lowest BCUT2D eigenvalue weighted by molar-refractivity contribution is 0.0186. The van der Waals surface area contributed by atoms with Gasteiger partial charge in [-0.25, -0.2) is 0 Å². The van der Waals surface area contributed by atoms with Gasteiger partial charge in [0.1, 0.15) is 5.75 Å². The number of nitrogens with zero attached hydrogens (tertiary/aromatic N) is 2. The summed E-state index contributed by atoms with van der Waals surface area (Å²) in [4.78, 5) is 17.9. The number of anilines is 1. The lowest BCUT2D eigenvalue weighted by Gasteiger charge is -2.55. The molecule has 5 rings (SSSR count). The van der Waals surface area contributed by atoms with Gasteiger partial charge in [-0.2, -0.15) is 0 Å². The highest BCUT2D eigenvalue weighted by Crippen LogP contribution is 2.49. The van der Waals surface area contributed by atoms with Crippen molar-refractivity contribution in [1.82, 2.24) is 4.90 Å². The molecule has 0 radical (unpaired) electrons. The number of rotatable bonds is 2. The van der Waals surface area contributed by atoms with Gasteiger partial charge in [-0.3, -0.25) is 14.6 Å². The van der Waals surface area contributed by atoms with Crippen molar-refractivity contribution in [1.29, 1.82) is 0 Å². The van der Waals surface area contributed by atoms with E-state index in [1.807, 2.05) is 83.9 Å². The second kappa shape index (κ2) is 6.43. The van der Waals surface area contributed by atoms with E-state index in [1.165, 1.54) is 11.3 Å². The molecule has 0 aliphatic carbocycles. The third-order valence-electron chi connectivity index (χ3n) is 5.33. The average molecular weight is 407 g/mol. The third kappa shape index (κ3) is 2.56. The van der Waals surface area contributed by atoms with Gasteiger partial charge in [0.25, 0.3) is 5.91 Å². The molecule has 0 saturated carbocycles. The maximum atomic E-state index is 13.4. The second-order valence-electron chi connectivity index (χ2n) is 7.14. The van der Waals surface area contributed by atoms with Crippen LogP contribution in [0.5, 0.6) is 5.75 Å². The maximum Gasteiger partial charge on any atom is 0.270 e. The summed E-state index contributed by atoms with van der Waals surface area (Å²) < 4.78 is 6.45. The number of carbonyl (C=O) groups is 1. The Bertz CT molecular complexity index is 1050. The van der Waals surface area contributed by atoms with E-state index >= 15 is 0 Å². The number of ether oxygens (including phenoxy) is 1. The van der Waals surface area contributed by atoms with Crippen molar-refractivity contribution in [2.24, 2.45) is 0 Å². The molecule has 4 nitrogen and oxygen atoms in total. The number of thiophene rings is 1. The highest BCUT2D eigenvalue weighted by atomic mass is 32.1. The Kier molecular flexibility index (Phi) is 4.00. The summed E-state index contributed by atoms with van der Waals surface area (Å²) in [6, 6.07) is 21.4. The van der Waals surface area contributed by atoms with Crippen molar-refractivity contribution in [2.75, 3.05) is 4.90 Å². The molecular formula is C22H18N2O2S2. The van der Waals surface area contributed by atoms with Gasteiger partial charge < -0.3 is 4.74 Å². The van der Waals surface area contributed by atoms with Crippen molar-refractivity contribution in [3.63, 3.8) is 0 Å². The molecular weight excluding hydrogens is 388 g/mol. The number of benzene rings is 2. The zero-order valence-corrected chi connectivity index (χ0v) is 16.9. The van der Waals surface area contributed by atoms with E-state index in [9.17, 15) is 4.79 Å². The molecule has 3 aromatic rings. The minimum Gasteiger partial charge on any atom is -0.467 e. The van der Waals surface area contributed by atoms with Crippen LogP contribution < -0.4 is 9.64 Å². The highest BCUT2D eigenvalue weighted by Gasteiger charge is 2.53. The lowest BCUT2D eigenvalue weighted by Crippen LogP contribution is -2.67. The quantitative estimate of drug-likeness (QED) is 0.545. The Morgan fingerprint density at radius 2 is 1.86 bits per heavy atom. The number of fused-ring (bicyclic) bond motifs is 4. The van der Waals surface area contributed by atoms with Crippen LogP contribution in [0.15, 0.2) is 72.1 Å². The number of hydrogen-bond donors (Lipinski definition) is 0. The summed E-state index contributed by atoms with van der Waals surface area (Å²) in [5, 5.41) is 2.38. The first-order valence-electron chi connectivity index (χ1n) is 9.13. The number of hydrogen-bond acceptors (Lipinski definition) is 4. The first-order valence-corrected chi connectivity index (χ1v) is 10.4. The molecule has 1 amide bonds. The van der Waals surface area contributed by atoms with E-state index in [-0.39, 0.29) is 11.9 Å². The molecule has 0 N–H and O–H groups in total. The van der Waals surface area contributed by atoms with E-state index in [0.717, 1.165) is 17.0 Å². The molecule has 2 bridgehead atoms. The number of para-hydroxylation sites is 2. The van der Waals surface area contributed by atoms with E-state index < -0.39 is 5.72 Å². The van der Waals surface area contributed by atoms with Crippen LogP contribution in [0.1, 0.15) is 34.6 Å². The van der Waals surface area contributed by atoms with Gasteiger partial charge in [-0.15, -0.1) is 11.3 Å². The summed E-state index contributed by atoms with van der Waals surface area (Å²) in [6.07, 6.45) is 0.635. The van der Waals surface area contributed by atoms with Crippen LogP contribution in [0.25, 0.3) is 0 Å². The van der Waals surface area contributed by atoms with Crippen LogP contribution in [0, 0.1) is 0 Å². The van der Waals surface area contributed by atoms with Crippen molar-refractivity contribution in [3.05, 3.63) is 82.6 Å². The Hall–Kier alpha value is -2.70. The molecule has 2 atom stereocenters. The molecule has 2 aliphatic heterocycles. The number of carbonyl (C=O) groups excluding carboxylic acids is 1. The smallest absolute Gasteiger partial charge is 0.270 e. The van der Waals surface area contributed by atoms with Crippen molar-refractivity contribution >= 4 is 40.3 Å². The van der Waals surface area contributed by atoms with Gasteiger partial charge in [0, 0.05) is 17.7 Å². The fourth-order valence-electron chi connectivity index (χ4n) is 4.11. The maximum absolute atomic E-state index is 13.4. The summed E-state index contributed by atoms with van der Waals surface area (Å²) in [5.74, 6) is 0.735. The molecule has 2 aliphatic rings. The monoisotopic (exact) mass is 406 g/mol. The third-order valence-corrected chi connectivity index (χ3v) is 6.56. The van der Waals surface area contributed by atoms with Crippen molar-refractivity contribution in [2.45, 2.75) is 25.1 Å². The minimum absolute atomic E-state index is 0.0651. The molecule has 0 unspecified atom stereocenters. The van der Waals surface area contributed by atoms with Gasteiger partial charge in [-0.05, 0) is 48.8 Å². The van der Waals surface area contributed by atoms with Gasteiger partial charge in [0.05, 0.1) is 10.9 Å². The van der Waals surface area contributed by atoms with Gasteiger partial charge in [0.15, 0.2) is 10.8 Å². The fourth-order valence-corrected chi connectivity index (χ4v) is 5.28. The van der Waals surface area contributed by atoms with Gasteiger partial charge in [-0.1, -0.05) is 42.5 Å². The van der Waals surface area contributed by atoms with Crippen LogP contribution in [0.3, 0.4) is 0 Å². The number of thiocarbonyl (C=S) groups is 1. The van der Waals surface area contributed by atoms with Crippen molar-refractivity contribution in [3.8, 4) is 5.75 Å². The van der Waals surface area contributed by atoms with Crippen LogP contribution in [0.2, 0.25) is 0 Å². The second-order valence-corrected chi connectivity index (χ2v) is 8.45. The van der Waals surface area contributed by atoms with Crippen LogP contribution in [-0.4, -0.2) is 21.6 Å². The lowest BCUT2D eigenvalue weighted by atomic mass is 9.88. The standard InChI is InChI=1S/C22H18N2O2S2/c1-22-14-17(16-10-5-6-11-18(16)26-22)23(20(25)19-12-7-13-28-19)21(27)24(22)15-8-3-2-4-9-15/h2-13,17H,14H2,1H3/t17-,22+/m1/s1. The van der Waals surface area contributed by atoms with Crippen LogP contribution >= 0.6 is 23.6 Å². The van der Waals surface area contributed by atoms with E-state index in [2.05, 4.69) is 0 Å². The predicted molar refractivity (Wildman–Crippen MR) is 115 cm³/mol. The van der Waals surface area contributed by atoms with Gasteiger partial charge >= 0.3 is 0 Å².